The van der Waals surface area contributed by atoms with E-state index in [9.17, 15) is 8.42 Å². The van der Waals surface area contributed by atoms with Crippen LogP contribution in [0.1, 0.15) is 0 Å². The van der Waals surface area contributed by atoms with E-state index in [0.29, 0.717) is 17.3 Å². The first-order chi connectivity index (χ1) is 10.4. The van der Waals surface area contributed by atoms with Crippen LogP contribution in [0.25, 0.3) is 11.1 Å². The van der Waals surface area contributed by atoms with Crippen LogP contribution in [0.5, 0.6) is 0 Å². The summed E-state index contributed by atoms with van der Waals surface area (Å²) < 4.78 is 31.4. The Kier molecular flexibility index (Phi) is 5.42. The second-order valence-electron chi connectivity index (χ2n) is 4.65. The van der Waals surface area contributed by atoms with Gasteiger partial charge in [0, 0.05) is 24.9 Å². The second-order valence-corrected chi connectivity index (χ2v) is 6.83. The fourth-order valence-electron chi connectivity index (χ4n) is 1.94. The van der Waals surface area contributed by atoms with Crippen molar-refractivity contribution in [3.8, 4) is 11.1 Å². The summed E-state index contributed by atoms with van der Waals surface area (Å²) >= 11 is 6.15. The predicted molar refractivity (Wildman–Crippen MR) is 88.4 cm³/mol. The Balaban J connectivity index is 2.23. The van der Waals surface area contributed by atoms with Gasteiger partial charge in [-0.05, 0) is 29.8 Å². The fraction of sp³-hybridized carbons (Fsp3) is 0.200. The van der Waals surface area contributed by atoms with E-state index in [1.165, 1.54) is 19.2 Å². The van der Waals surface area contributed by atoms with Crippen molar-refractivity contribution in [2.24, 2.45) is 0 Å². The summed E-state index contributed by atoms with van der Waals surface area (Å²) in [6.07, 6.45) is 0. The molecule has 0 radical (unpaired) electrons. The summed E-state index contributed by atoms with van der Waals surface area (Å²) in [6, 6.07) is 11.7. The Morgan fingerprint density at radius 3 is 2.45 bits per heavy atom. The number of nitrogens with one attached hydrogen (secondary N) is 1. The zero-order chi connectivity index (χ0) is 16.2. The number of rotatable bonds is 6. The highest BCUT2D eigenvalue weighted by Gasteiger charge is 2.13. The lowest BCUT2D eigenvalue weighted by atomic mass is 10.1. The van der Waals surface area contributed by atoms with E-state index in [2.05, 4.69) is 4.72 Å². The van der Waals surface area contributed by atoms with E-state index in [-0.39, 0.29) is 11.4 Å². The van der Waals surface area contributed by atoms with E-state index in [1.807, 2.05) is 0 Å². The standard InChI is InChI=1S/C15H17ClN2O3S/c1-21-9-8-18-22(19,20)13-5-2-11(3-6-13)14-7-4-12(17)10-15(14)16/h2-7,10,18H,8-9,17H2,1H3. The fourth-order valence-corrected chi connectivity index (χ4v) is 3.25. The Morgan fingerprint density at radius 2 is 1.86 bits per heavy atom. The summed E-state index contributed by atoms with van der Waals surface area (Å²) in [5.74, 6) is 0. The molecule has 22 heavy (non-hydrogen) atoms. The molecule has 0 unspecified atom stereocenters. The molecule has 0 heterocycles. The van der Waals surface area contributed by atoms with Gasteiger partial charge in [0.25, 0.3) is 0 Å². The van der Waals surface area contributed by atoms with Gasteiger partial charge in [0.15, 0.2) is 0 Å². The highest BCUT2D eigenvalue weighted by Crippen LogP contribution is 2.30. The smallest absolute Gasteiger partial charge is 0.240 e. The molecule has 5 nitrogen and oxygen atoms in total. The third-order valence-corrected chi connectivity index (χ3v) is 4.86. The van der Waals surface area contributed by atoms with Gasteiger partial charge >= 0.3 is 0 Å². The lowest BCUT2D eigenvalue weighted by molar-refractivity contribution is 0.204. The maximum Gasteiger partial charge on any atom is 0.240 e. The summed E-state index contributed by atoms with van der Waals surface area (Å²) in [6.45, 7) is 0.544. The maximum atomic E-state index is 12.1. The van der Waals surface area contributed by atoms with Gasteiger partial charge in [-0.15, -0.1) is 0 Å². The number of nitrogen functional groups attached to an aromatic ring is 1. The average Bonchev–Trinajstić information content (AvgIpc) is 2.47. The minimum Gasteiger partial charge on any atom is -0.399 e. The van der Waals surface area contributed by atoms with Crippen molar-refractivity contribution in [1.29, 1.82) is 0 Å². The van der Waals surface area contributed by atoms with Crippen molar-refractivity contribution < 1.29 is 13.2 Å². The molecule has 0 aliphatic heterocycles. The molecule has 0 aromatic heterocycles. The number of ether oxygens (including phenoxy) is 1. The van der Waals surface area contributed by atoms with Crippen LogP contribution in [0.3, 0.4) is 0 Å². The molecule has 0 atom stereocenters. The van der Waals surface area contributed by atoms with Crippen molar-refractivity contribution in [3.63, 3.8) is 0 Å². The van der Waals surface area contributed by atoms with E-state index in [0.717, 1.165) is 11.1 Å². The Hall–Kier alpha value is -1.60. The number of halogens is 1. The van der Waals surface area contributed by atoms with Gasteiger partial charge in [0.05, 0.1) is 16.5 Å². The first kappa shape index (κ1) is 16.8. The van der Waals surface area contributed by atoms with Crippen LogP contribution in [-0.4, -0.2) is 28.7 Å². The largest absolute Gasteiger partial charge is 0.399 e. The number of hydrogen-bond acceptors (Lipinski definition) is 4. The van der Waals surface area contributed by atoms with Crippen LogP contribution < -0.4 is 10.5 Å². The van der Waals surface area contributed by atoms with Gasteiger partial charge in [0.1, 0.15) is 0 Å². The van der Waals surface area contributed by atoms with E-state index < -0.39 is 10.0 Å². The average molecular weight is 341 g/mol. The van der Waals surface area contributed by atoms with Crippen molar-refractivity contribution in [2.75, 3.05) is 26.0 Å². The molecule has 0 amide bonds. The van der Waals surface area contributed by atoms with E-state index >= 15 is 0 Å². The third kappa shape index (κ3) is 3.98. The summed E-state index contributed by atoms with van der Waals surface area (Å²) in [4.78, 5) is 0.193. The predicted octanol–water partition coefficient (Wildman–Crippen LogP) is 2.51. The minimum absolute atomic E-state index is 0.193. The molecular weight excluding hydrogens is 324 g/mol. The van der Waals surface area contributed by atoms with Gasteiger partial charge < -0.3 is 10.5 Å². The van der Waals surface area contributed by atoms with Crippen LogP contribution in [0.15, 0.2) is 47.4 Å². The maximum absolute atomic E-state index is 12.1. The van der Waals surface area contributed by atoms with Crippen molar-refractivity contribution in [3.05, 3.63) is 47.5 Å². The zero-order valence-electron chi connectivity index (χ0n) is 12.0. The topological polar surface area (TPSA) is 81.4 Å². The van der Waals surface area contributed by atoms with Crippen LogP contribution >= 0.6 is 11.6 Å². The third-order valence-electron chi connectivity index (χ3n) is 3.07. The van der Waals surface area contributed by atoms with Gasteiger partial charge in [-0.2, -0.15) is 0 Å². The highest BCUT2D eigenvalue weighted by atomic mass is 35.5. The Labute approximate surface area is 135 Å². The van der Waals surface area contributed by atoms with Crippen LogP contribution in [-0.2, 0) is 14.8 Å². The molecular formula is C15H17ClN2O3S. The molecule has 3 N–H and O–H groups in total. The number of nitrogens with two attached hydrogens (primary N) is 1. The molecule has 0 spiro atoms. The van der Waals surface area contributed by atoms with E-state index in [1.54, 1.807) is 30.3 Å². The van der Waals surface area contributed by atoms with Crippen LogP contribution in [0, 0.1) is 0 Å². The molecule has 0 saturated carbocycles. The first-order valence-corrected chi connectivity index (χ1v) is 8.44. The molecule has 0 aliphatic rings. The summed E-state index contributed by atoms with van der Waals surface area (Å²) in [5, 5.41) is 0.522. The van der Waals surface area contributed by atoms with Crippen molar-refractivity contribution in [1.82, 2.24) is 4.72 Å². The van der Waals surface area contributed by atoms with Crippen LogP contribution in [0.4, 0.5) is 5.69 Å². The molecule has 0 saturated heterocycles. The molecule has 118 valence electrons. The van der Waals surface area contributed by atoms with Gasteiger partial charge in [-0.3, -0.25) is 0 Å². The number of anilines is 1. The monoisotopic (exact) mass is 340 g/mol. The first-order valence-electron chi connectivity index (χ1n) is 6.58. The molecule has 7 heteroatoms. The molecule has 0 bridgehead atoms. The summed E-state index contributed by atoms with van der Waals surface area (Å²) in [5.41, 5.74) is 7.86. The van der Waals surface area contributed by atoms with Gasteiger partial charge in [-0.1, -0.05) is 29.8 Å². The molecule has 2 aromatic carbocycles. The molecule has 2 aromatic rings. The van der Waals surface area contributed by atoms with Gasteiger partial charge in [-0.25, -0.2) is 13.1 Å². The number of hydrogen-bond donors (Lipinski definition) is 2. The van der Waals surface area contributed by atoms with Crippen molar-refractivity contribution in [2.45, 2.75) is 4.90 Å². The zero-order valence-corrected chi connectivity index (χ0v) is 13.6. The molecule has 2 rings (SSSR count). The lowest BCUT2D eigenvalue weighted by Gasteiger charge is -2.09. The lowest BCUT2D eigenvalue weighted by Crippen LogP contribution is -2.27. The Bertz CT molecular complexity index is 746. The quantitative estimate of drug-likeness (QED) is 0.625. The van der Waals surface area contributed by atoms with E-state index in [4.69, 9.17) is 22.1 Å². The van der Waals surface area contributed by atoms with Crippen molar-refractivity contribution >= 4 is 27.3 Å². The Morgan fingerprint density at radius 1 is 1.18 bits per heavy atom. The minimum atomic E-state index is -3.53. The number of benzene rings is 2. The molecule has 0 fully saturated rings. The summed E-state index contributed by atoms with van der Waals surface area (Å²) in [7, 11) is -2.02. The van der Waals surface area contributed by atoms with Gasteiger partial charge in [0.2, 0.25) is 10.0 Å². The molecule has 0 aliphatic carbocycles. The SMILES string of the molecule is COCCNS(=O)(=O)c1ccc(-c2ccc(N)cc2Cl)cc1. The number of methoxy groups -OCH3 is 1. The second kappa shape index (κ2) is 7.11. The normalized spacial score (nSPS) is 11.5. The highest BCUT2D eigenvalue weighted by molar-refractivity contribution is 7.89. The van der Waals surface area contributed by atoms with Crippen LogP contribution in [0.2, 0.25) is 5.02 Å². The number of sulfonamides is 1.